The number of thioether (sulfide) groups is 1. The number of anilines is 3. The van der Waals surface area contributed by atoms with E-state index in [-0.39, 0.29) is 28.1 Å². The standard InChI is InChI=1S/C40H38ClN7O4S2/c1-28(26-53-33-10-6-3-7-11-33)44-37-17-14-34(24-39(37)48(49)50)54(51,52)45-40-36-16-13-32(23-38(36)42-27-43-40)47-20-18-46(19-21-47)25-30-22-31(41)12-15-35(30)29-8-4-2-5-9-29/h2-17,22-24,27-28,44H,18-21,25-26H2,1H3,(H,42,43,45). The van der Waals surface area contributed by atoms with Gasteiger partial charge in [-0.25, -0.2) is 18.4 Å². The summed E-state index contributed by atoms with van der Waals surface area (Å²) in [5.41, 5.74) is 4.96. The van der Waals surface area contributed by atoms with Crippen molar-refractivity contribution in [3.05, 3.63) is 142 Å². The number of halogens is 1. The summed E-state index contributed by atoms with van der Waals surface area (Å²) in [6, 6.07) is 35.6. The van der Waals surface area contributed by atoms with Crippen molar-refractivity contribution < 1.29 is 13.3 Å². The number of fused-ring (bicyclic) bond motifs is 1. The highest BCUT2D eigenvalue weighted by atomic mass is 35.5. The lowest BCUT2D eigenvalue weighted by atomic mass is 9.99. The molecule has 276 valence electrons. The van der Waals surface area contributed by atoms with Crippen LogP contribution in [0.2, 0.25) is 5.02 Å². The van der Waals surface area contributed by atoms with Crippen molar-refractivity contribution in [1.82, 2.24) is 14.9 Å². The first-order chi connectivity index (χ1) is 26.1. The highest BCUT2D eigenvalue weighted by molar-refractivity contribution is 7.99. The van der Waals surface area contributed by atoms with Crippen LogP contribution in [-0.2, 0) is 16.6 Å². The van der Waals surface area contributed by atoms with Crippen LogP contribution in [0.25, 0.3) is 22.0 Å². The van der Waals surface area contributed by atoms with Gasteiger partial charge in [0.1, 0.15) is 12.0 Å². The molecule has 0 radical (unpaired) electrons. The molecule has 0 spiro atoms. The molecule has 1 aliphatic heterocycles. The summed E-state index contributed by atoms with van der Waals surface area (Å²) in [7, 11) is -4.24. The number of rotatable bonds is 13. The molecule has 0 amide bonds. The summed E-state index contributed by atoms with van der Waals surface area (Å²) in [5.74, 6) is 0.741. The topological polar surface area (TPSA) is 134 Å². The molecule has 2 heterocycles. The summed E-state index contributed by atoms with van der Waals surface area (Å²) in [4.78, 5) is 25.7. The molecule has 7 rings (SSSR count). The number of benzene rings is 5. The van der Waals surface area contributed by atoms with Crippen molar-refractivity contribution in [2.45, 2.75) is 29.3 Å². The van der Waals surface area contributed by atoms with Crippen molar-refractivity contribution in [2.75, 3.05) is 46.9 Å². The van der Waals surface area contributed by atoms with Gasteiger partial charge in [0.15, 0.2) is 5.82 Å². The average molecular weight is 780 g/mol. The van der Waals surface area contributed by atoms with E-state index in [1.807, 2.05) is 79.7 Å². The molecule has 6 aromatic rings. The molecule has 11 nitrogen and oxygen atoms in total. The first-order valence-electron chi connectivity index (χ1n) is 17.4. The summed E-state index contributed by atoms with van der Waals surface area (Å²) in [6.07, 6.45) is 1.31. The largest absolute Gasteiger partial charge is 0.376 e. The third-order valence-corrected chi connectivity index (χ3v) is 12.1. The highest BCUT2D eigenvalue weighted by Gasteiger charge is 2.24. The molecular weight excluding hydrogens is 742 g/mol. The maximum absolute atomic E-state index is 13.6. The second-order valence-electron chi connectivity index (χ2n) is 13.1. The predicted molar refractivity (Wildman–Crippen MR) is 218 cm³/mol. The molecule has 54 heavy (non-hydrogen) atoms. The van der Waals surface area contributed by atoms with E-state index >= 15 is 0 Å². The molecule has 1 atom stereocenters. The lowest BCUT2D eigenvalue weighted by Gasteiger charge is -2.36. The molecule has 1 aromatic heterocycles. The van der Waals surface area contributed by atoms with Gasteiger partial charge in [0.25, 0.3) is 15.7 Å². The Morgan fingerprint density at radius 1 is 0.889 bits per heavy atom. The van der Waals surface area contributed by atoms with Gasteiger partial charge in [0.05, 0.1) is 15.3 Å². The molecule has 0 bridgehead atoms. The van der Waals surface area contributed by atoms with Crippen LogP contribution in [0, 0.1) is 10.1 Å². The lowest BCUT2D eigenvalue weighted by Crippen LogP contribution is -2.46. The Balaban J connectivity index is 1.01. The Kier molecular flexibility index (Phi) is 11.3. The fourth-order valence-electron chi connectivity index (χ4n) is 6.50. The van der Waals surface area contributed by atoms with Crippen molar-refractivity contribution in [3.63, 3.8) is 0 Å². The zero-order valence-electron chi connectivity index (χ0n) is 29.4. The number of nitro benzene ring substituents is 1. The normalized spacial score (nSPS) is 14.1. The van der Waals surface area contributed by atoms with Gasteiger partial charge in [0, 0.05) is 71.6 Å². The number of aromatic nitrogens is 2. The minimum atomic E-state index is -4.24. The van der Waals surface area contributed by atoms with Gasteiger partial charge < -0.3 is 10.2 Å². The molecule has 1 unspecified atom stereocenters. The van der Waals surface area contributed by atoms with Gasteiger partial charge in [-0.2, -0.15) is 0 Å². The Morgan fingerprint density at radius 3 is 2.37 bits per heavy atom. The molecule has 1 aliphatic rings. The number of nitrogens with one attached hydrogen (secondary N) is 2. The molecule has 0 saturated carbocycles. The number of nitro groups is 1. The Morgan fingerprint density at radius 2 is 1.63 bits per heavy atom. The highest BCUT2D eigenvalue weighted by Crippen LogP contribution is 2.32. The van der Waals surface area contributed by atoms with E-state index in [2.05, 4.69) is 48.0 Å². The number of piperazine rings is 1. The second-order valence-corrected chi connectivity index (χ2v) is 16.3. The van der Waals surface area contributed by atoms with E-state index in [0.29, 0.717) is 21.7 Å². The summed E-state index contributed by atoms with van der Waals surface area (Å²) in [6.45, 7) is 5.99. The fraction of sp³-hybridized carbons (Fsp3) is 0.200. The van der Waals surface area contributed by atoms with Crippen molar-refractivity contribution in [2.24, 2.45) is 0 Å². The van der Waals surface area contributed by atoms with Crippen LogP contribution < -0.4 is 14.9 Å². The van der Waals surface area contributed by atoms with Crippen LogP contribution in [0.4, 0.5) is 22.9 Å². The van der Waals surface area contributed by atoms with Crippen molar-refractivity contribution in [1.29, 1.82) is 0 Å². The van der Waals surface area contributed by atoms with Crippen LogP contribution in [0.1, 0.15) is 12.5 Å². The van der Waals surface area contributed by atoms with Crippen molar-refractivity contribution in [3.8, 4) is 11.1 Å². The molecule has 1 saturated heterocycles. The number of hydrogen-bond donors (Lipinski definition) is 2. The van der Waals surface area contributed by atoms with Gasteiger partial charge >= 0.3 is 0 Å². The van der Waals surface area contributed by atoms with E-state index in [1.54, 1.807) is 17.8 Å². The lowest BCUT2D eigenvalue weighted by molar-refractivity contribution is -0.384. The van der Waals surface area contributed by atoms with Crippen LogP contribution in [-0.4, -0.2) is 66.2 Å². The Labute approximate surface area is 323 Å². The number of nitrogens with zero attached hydrogens (tertiary/aromatic N) is 5. The van der Waals surface area contributed by atoms with E-state index in [1.165, 1.54) is 29.6 Å². The SMILES string of the molecule is CC(CSc1ccccc1)Nc1ccc(S(=O)(=O)Nc2ncnc3cc(N4CCN(Cc5cc(Cl)ccc5-c5ccccc5)CC4)ccc23)cc1[N+](=O)[O-]. The molecule has 5 aromatic carbocycles. The van der Waals surface area contributed by atoms with Crippen LogP contribution in [0.15, 0.2) is 131 Å². The number of sulfonamides is 1. The average Bonchev–Trinajstić information content (AvgIpc) is 3.18. The van der Waals surface area contributed by atoms with Gasteiger partial charge in [-0.1, -0.05) is 66.2 Å². The smallest absolute Gasteiger partial charge is 0.293 e. The van der Waals surface area contributed by atoms with Crippen LogP contribution >= 0.6 is 23.4 Å². The summed E-state index contributed by atoms with van der Waals surface area (Å²) >= 11 is 8.03. The van der Waals surface area contributed by atoms with E-state index in [9.17, 15) is 18.5 Å². The molecule has 0 aliphatic carbocycles. The molecule has 2 N–H and O–H groups in total. The fourth-order valence-corrected chi connectivity index (χ4v) is 8.62. The third kappa shape index (κ3) is 8.77. The third-order valence-electron chi connectivity index (χ3n) is 9.26. The summed E-state index contributed by atoms with van der Waals surface area (Å²) in [5, 5.41) is 16.4. The predicted octanol–water partition coefficient (Wildman–Crippen LogP) is 8.57. The minimum absolute atomic E-state index is 0.0866. The van der Waals surface area contributed by atoms with Crippen LogP contribution in [0.5, 0.6) is 0 Å². The van der Waals surface area contributed by atoms with E-state index < -0.39 is 14.9 Å². The zero-order chi connectivity index (χ0) is 37.7. The Hall–Kier alpha value is -5.21. The first-order valence-corrected chi connectivity index (χ1v) is 20.3. The summed E-state index contributed by atoms with van der Waals surface area (Å²) < 4.78 is 29.7. The maximum atomic E-state index is 13.6. The van der Waals surface area contributed by atoms with Crippen molar-refractivity contribution >= 4 is 67.2 Å². The number of hydrogen-bond acceptors (Lipinski definition) is 10. The monoisotopic (exact) mass is 779 g/mol. The van der Waals surface area contributed by atoms with Gasteiger partial charge in [-0.15, -0.1) is 11.8 Å². The van der Waals surface area contributed by atoms with E-state index in [4.69, 9.17) is 11.6 Å². The van der Waals surface area contributed by atoms with Gasteiger partial charge in [-0.05, 0) is 78.2 Å². The van der Waals surface area contributed by atoms with Gasteiger partial charge in [-0.3, -0.25) is 19.7 Å². The zero-order valence-corrected chi connectivity index (χ0v) is 31.8. The quantitative estimate of drug-likeness (QED) is 0.0667. The minimum Gasteiger partial charge on any atom is -0.376 e. The molecule has 14 heteroatoms. The van der Waals surface area contributed by atoms with E-state index in [0.717, 1.165) is 54.9 Å². The second kappa shape index (κ2) is 16.4. The first kappa shape index (κ1) is 37.1. The van der Waals surface area contributed by atoms with Crippen LogP contribution in [0.3, 0.4) is 0 Å². The molecular formula is C40H38ClN7O4S2. The Bertz CT molecular complexity index is 2380. The maximum Gasteiger partial charge on any atom is 0.293 e. The van der Waals surface area contributed by atoms with Gasteiger partial charge in [0.2, 0.25) is 0 Å². The molecule has 1 fully saturated rings.